The Bertz CT molecular complexity index is 1050. The van der Waals surface area contributed by atoms with Crippen molar-refractivity contribution >= 4 is 28.1 Å². The molecule has 0 radical (unpaired) electrons. The number of nitrogens with one attached hydrogen (secondary N) is 2. The maximum absolute atomic E-state index is 12.6. The average molecular weight is 410 g/mol. The van der Waals surface area contributed by atoms with Crippen molar-refractivity contribution in [2.45, 2.75) is 44.2 Å². The molecule has 146 valence electrons. The quantitative estimate of drug-likeness (QED) is 0.712. The van der Waals surface area contributed by atoms with E-state index >= 15 is 0 Å². The van der Waals surface area contributed by atoms with Gasteiger partial charge in [-0.2, -0.15) is 5.10 Å². The van der Waals surface area contributed by atoms with Crippen LogP contribution in [0, 0.1) is 18.6 Å². The van der Waals surface area contributed by atoms with Gasteiger partial charge in [0.05, 0.1) is 11.4 Å². The third-order valence-corrected chi connectivity index (χ3v) is 6.97. The van der Waals surface area contributed by atoms with Crippen LogP contribution in [0.15, 0.2) is 17.0 Å². The summed E-state index contributed by atoms with van der Waals surface area (Å²) in [6.07, 6.45) is 2.11. The molecule has 0 bridgehead atoms. The van der Waals surface area contributed by atoms with Gasteiger partial charge in [-0.25, -0.2) is 12.7 Å². The molecule has 8 nitrogen and oxygen atoms in total. The van der Waals surface area contributed by atoms with Gasteiger partial charge >= 0.3 is 0 Å². The highest BCUT2D eigenvalue weighted by molar-refractivity contribution is 7.89. The van der Waals surface area contributed by atoms with E-state index in [-0.39, 0.29) is 17.3 Å². The predicted octanol–water partition coefficient (Wildman–Crippen LogP) is 2.07. The third-order valence-electron chi connectivity index (χ3n) is 4.74. The van der Waals surface area contributed by atoms with Crippen molar-refractivity contribution in [2.24, 2.45) is 0 Å². The van der Waals surface area contributed by atoms with Crippen molar-refractivity contribution in [1.82, 2.24) is 24.4 Å². The van der Waals surface area contributed by atoms with E-state index < -0.39 is 10.0 Å². The molecule has 1 aliphatic carbocycles. The Kier molecular flexibility index (Phi) is 5.24. The van der Waals surface area contributed by atoms with E-state index in [1.54, 1.807) is 19.9 Å². The number of carbonyl (C=O) groups is 1. The number of hydrogen-bond donors (Lipinski definition) is 2. The summed E-state index contributed by atoms with van der Waals surface area (Å²) in [4.78, 5) is 12.8. The Morgan fingerprint density at radius 2 is 2.04 bits per heavy atom. The van der Waals surface area contributed by atoms with Crippen LogP contribution < -0.4 is 5.32 Å². The van der Waals surface area contributed by atoms with Crippen LogP contribution in [-0.2, 0) is 16.6 Å². The monoisotopic (exact) mass is 409 g/mol. The van der Waals surface area contributed by atoms with Gasteiger partial charge in [0.15, 0.2) is 10.6 Å². The molecule has 0 unspecified atom stereocenters. The first-order valence-corrected chi connectivity index (χ1v) is 10.5. The summed E-state index contributed by atoms with van der Waals surface area (Å²) in [6, 6.07) is 3.46. The van der Waals surface area contributed by atoms with Gasteiger partial charge in [0, 0.05) is 25.7 Å². The fourth-order valence-electron chi connectivity index (χ4n) is 2.86. The Morgan fingerprint density at radius 1 is 1.37 bits per heavy atom. The first-order chi connectivity index (χ1) is 12.6. The third kappa shape index (κ3) is 3.83. The van der Waals surface area contributed by atoms with Crippen molar-refractivity contribution in [3.8, 4) is 0 Å². The van der Waals surface area contributed by atoms with Gasteiger partial charge in [0.2, 0.25) is 10.0 Å². The normalized spacial score (nSPS) is 14.6. The summed E-state index contributed by atoms with van der Waals surface area (Å²) in [7, 11) is -0.702. The lowest BCUT2D eigenvalue weighted by atomic mass is 10.1. The molecule has 1 aromatic heterocycles. The van der Waals surface area contributed by atoms with E-state index in [0.717, 1.165) is 22.7 Å². The zero-order chi connectivity index (χ0) is 19.9. The van der Waals surface area contributed by atoms with Crippen LogP contribution in [0.2, 0.25) is 0 Å². The van der Waals surface area contributed by atoms with Crippen molar-refractivity contribution in [2.75, 3.05) is 14.1 Å². The van der Waals surface area contributed by atoms with E-state index in [9.17, 15) is 13.2 Å². The van der Waals surface area contributed by atoms with E-state index in [1.165, 1.54) is 20.2 Å². The molecule has 0 atom stereocenters. The van der Waals surface area contributed by atoms with Crippen LogP contribution in [0.25, 0.3) is 0 Å². The zero-order valence-corrected chi connectivity index (χ0v) is 17.4. The second kappa shape index (κ2) is 7.17. The molecule has 2 aromatic rings. The molecule has 10 heteroatoms. The topological polar surface area (TPSA) is 100 Å². The molecule has 1 saturated carbocycles. The SMILES string of the molecule is Cc1cc(C(=O)NCc2n[nH]c(=S)n2C2CC2)cc(S(=O)(=O)N(C)C)c1C. The van der Waals surface area contributed by atoms with Gasteiger partial charge in [-0.1, -0.05) is 0 Å². The van der Waals surface area contributed by atoms with Crippen molar-refractivity contribution in [3.63, 3.8) is 0 Å². The number of aromatic nitrogens is 3. The number of aromatic amines is 1. The van der Waals surface area contributed by atoms with E-state index in [2.05, 4.69) is 15.5 Å². The Labute approximate surface area is 163 Å². The molecule has 1 aliphatic rings. The van der Waals surface area contributed by atoms with Gasteiger partial charge in [-0.3, -0.25) is 14.5 Å². The van der Waals surface area contributed by atoms with Crippen molar-refractivity contribution in [3.05, 3.63) is 39.4 Å². The van der Waals surface area contributed by atoms with Gasteiger partial charge < -0.3 is 5.32 Å². The number of rotatable bonds is 6. The fourth-order valence-corrected chi connectivity index (χ4v) is 4.37. The lowest BCUT2D eigenvalue weighted by Gasteiger charge is -2.16. The number of benzene rings is 1. The second-order valence-electron chi connectivity index (χ2n) is 6.93. The molecular formula is C17H23N5O3S2. The summed E-state index contributed by atoms with van der Waals surface area (Å²) < 4.78 is 28.7. The molecule has 1 amide bonds. The van der Waals surface area contributed by atoms with Crippen LogP contribution in [0.5, 0.6) is 0 Å². The number of carbonyl (C=O) groups excluding carboxylic acids is 1. The van der Waals surface area contributed by atoms with Gasteiger partial charge in [-0.05, 0) is 62.2 Å². The highest BCUT2D eigenvalue weighted by atomic mass is 32.2. The molecule has 1 aromatic carbocycles. The standard InChI is InChI=1S/C17H23N5O3S2/c1-10-7-12(8-14(11(10)2)27(24,25)21(3)4)16(23)18-9-15-19-20-17(26)22(15)13-5-6-13/h7-8,13H,5-6,9H2,1-4H3,(H,18,23)(H,20,26). The van der Waals surface area contributed by atoms with Crippen LogP contribution in [0.4, 0.5) is 0 Å². The highest BCUT2D eigenvalue weighted by Crippen LogP contribution is 2.35. The van der Waals surface area contributed by atoms with E-state index in [1.807, 2.05) is 4.57 Å². The van der Waals surface area contributed by atoms with Crippen LogP contribution in [0.1, 0.15) is 46.2 Å². The molecule has 1 heterocycles. The number of sulfonamides is 1. The first kappa shape index (κ1) is 19.7. The number of H-pyrrole nitrogens is 1. The predicted molar refractivity (Wildman–Crippen MR) is 104 cm³/mol. The molecule has 0 saturated heterocycles. The van der Waals surface area contributed by atoms with Crippen LogP contribution >= 0.6 is 12.2 Å². The Morgan fingerprint density at radius 3 is 2.63 bits per heavy atom. The number of hydrogen-bond acceptors (Lipinski definition) is 5. The smallest absolute Gasteiger partial charge is 0.251 e. The van der Waals surface area contributed by atoms with E-state index in [0.29, 0.717) is 27.8 Å². The minimum atomic E-state index is -3.64. The lowest BCUT2D eigenvalue weighted by Crippen LogP contribution is -2.27. The summed E-state index contributed by atoms with van der Waals surface area (Å²) in [5, 5.41) is 9.75. The minimum Gasteiger partial charge on any atom is -0.345 e. The molecule has 27 heavy (non-hydrogen) atoms. The minimum absolute atomic E-state index is 0.137. The molecule has 1 fully saturated rings. The van der Waals surface area contributed by atoms with Gasteiger partial charge in [0.1, 0.15) is 0 Å². The zero-order valence-electron chi connectivity index (χ0n) is 15.7. The molecular weight excluding hydrogens is 386 g/mol. The van der Waals surface area contributed by atoms with Gasteiger partial charge in [-0.15, -0.1) is 0 Å². The Balaban J connectivity index is 1.85. The largest absolute Gasteiger partial charge is 0.345 e. The summed E-state index contributed by atoms with van der Waals surface area (Å²) >= 11 is 5.24. The van der Waals surface area contributed by atoms with Crippen LogP contribution in [0.3, 0.4) is 0 Å². The maximum Gasteiger partial charge on any atom is 0.251 e. The van der Waals surface area contributed by atoms with Crippen molar-refractivity contribution < 1.29 is 13.2 Å². The maximum atomic E-state index is 12.6. The first-order valence-electron chi connectivity index (χ1n) is 8.60. The lowest BCUT2D eigenvalue weighted by molar-refractivity contribution is 0.0949. The highest BCUT2D eigenvalue weighted by Gasteiger charge is 2.27. The fraction of sp³-hybridized carbons (Fsp3) is 0.471. The van der Waals surface area contributed by atoms with Gasteiger partial charge in [0.25, 0.3) is 5.91 Å². The molecule has 3 rings (SSSR count). The number of nitrogens with zero attached hydrogens (tertiary/aromatic N) is 3. The van der Waals surface area contributed by atoms with E-state index in [4.69, 9.17) is 12.2 Å². The average Bonchev–Trinajstić information content (AvgIpc) is 3.37. The summed E-state index contributed by atoms with van der Waals surface area (Å²) in [5.41, 5.74) is 1.67. The number of amides is 1. The molecule has 0 spiro atoms. The summed E-state index contributed by atoms with van der Waals surface area (Å²) in [6.45, 7) is 3.74. The number of aryl methyl sites for hydroxylation is 1. The summed E-state index contributed by atoms with van der Waals surface area (Å²) in [5.74, 6) is 0.311. The van der Waals surface area contributed by atoms with Crippen molar-refractivity contribution in [1.29, 1.82) is 0 Å². The molecule has 2 N–H and O–H groups in total. The van der Waals surface area contributed by atoms with Crippen LogP contribution in [-0.4, -0.2) is 47.5 Å². The molecule has 0 aliphatic heterocycles. The second-order valence-corrected chi connectivity index (χ2v) is 9.44. The Hall–Kier alpha value is -2.04.